The van der Waals surface area contributed by atoms with Crippen molar-refractivity contribution in [3.05, 3.63) is 0 Å². The Labute approximate surface area is 119 Å². The van der Waals surface area contributed by atoms with Gasteiger partial charge in [0.1, 0.15) is 0 Å². The van der Waals surface area contributed by atoms with Gasteiger partial charge in [-0.1, -0.05) is 0 Å². The van der Waals surface area contributed by atoms with Gasteiger partial charge in [-0.15, -0.1) is 0 Å². The van der Waals surface area contributed by atoms with Crippen LogP contribution in [-0.4, -0.2) is 62.7 Å². The van der Waals surface area contributed by atoms with Gasteiger partial charge in [-0.05, 0) is 38.0 Å². The van der Waals surface area contributed by atoms with Crippen LogP contribution in [0.1, 0.15) is 19.3 Å². The molecular formula is C14H25NO3S. The molecule has 1 N–H and O–H groups in total. The zero-order chi connectivity index (χ0) is 13.1. The summed E-state index contributed by atoms with van der Waals surface area (Å²) in [6.45, 7) is 3.09. The lowest BCUT2D eigenvalue weighted by atomic mass is 9.79. The molecule has 0 bridgehead atoms. The van der Waals surface area contributed by atoms with Gasteiger partial charge in [0.05, 0.1) is 31.5 Å². The maximum absolute atomic E-state index is 6.12. The van der Waals surface area contributed by atoms with E-state index < -0.39 is 0 Å². The van der Waals surface area contributed by atoms with E-state index in [1.165, 1.54) is 24.3 Å². The lowest BCUT2D eigenvalue weighted by Gasteiger charge is -2.43. The van der Waals surface area contributed by atoms with Gasteiger partial charge < -0.3 is 19.5 Å². The molecule has 1 spiro atoms. The fourth-order valence-electron chi connectivity index (χ4n) is 3.67. The van der Waals surface area contributed by atoms with E-state index in [0.29, 0.717) is 12.0 Å². The minimum absolute atomic E-state index is 0.151. The SMILES string of the molecule is CNC(C1CCOC2(CCSC2)C1)C1COCCO1. The van der Waals surface area contributed by atoms with E-state index in [2.05, 4.69) is 5.32 Å². The molecule has 3 heterocycles. The van der Waals surface area contributed by atoms with Crippen molar-refractivity contribution in [3.8, 4) is 0 Å². The molecule has 0 saturated carbocycles. The second-order valence-electron chi connectivity index (χ2n) is 5.89. The zero-order valence-corrected chi connectivity index (χ0v) is 12.5. The molecule has 3 rings (SSSR count). The van der Waals surface area contributed by atoms with Crippen LogP contribution in [0.3, 0.4) is 0 Å². The Balaban J connectivity index is 1.64. The second kappa shape index (κ2) is 6.31. The Hall–Kier alpha value is 0.190. The summed E-state index contributed by atoms with van der Waals surface area (Å²) < 4.78 is 17.6. The third-order valence-electron chi connectivity index (χ3n) is 4.68. The average Bonchev–Trinajstić information content (AvgIpc) is 2.89. The number of thioether (sulfide) groups is 1. The summed E-state index contributed by atoms with van der Waals surface area (Å²) in [4.78, 5) is 0. The monoisotopic (exact) mass is 287 g/mol. The Morgan fingerprint density at radius 2 is 2.26 bits per heavy atom. The minimum atomic E-state index is 0.151. The van der Waals surface area contributed by atoms with Crippen LogP contribution in [-0.2, 0) is 14.2 Å². The van der Waals surface area contributed by atoms with Crippen molar-refractivity contribution in [1.29, 1.82) is 0 Å². The second-order valence-corrected chi connectivity index (χ2v) is 6.99. The lowest BCUT2D eigenvalue weighted by Crippen LogP contribution is -2.53. The van der Waals surface area contributed by atoms with Crippen molar-refractivity contribution in [2.24, 2.45) is 5.92 Å². The molecule has 0 aromatic rings. The molecule has 110 valence electrons. The maximum Gasteiger partial charge on any atom is 0.0964 e. The van der Waals surface area contributed by atoms with E-state index in [1.54, 1.807) is 0 Å². The van der Waals surface area contributed by atoms with Crippen molar-refractivity contribution in [1.82, 2.24) is 5.32 Å². The molecule has 4 atom stereocenters. The predicted molar refractivity (Wildman–Crippen MR) is 76.8 cm³/mol. The van der Waals surface area contributed by atoms with Crippen LogP contribution in [0.2, 0.25) is 0 Å². The molecule has 0 aliphatic carbocycles. The third kappa shape index (κ3) is 3.10. The summed E-state index contributed by atoms with van der Waals surface area (Å²) in [6, 6.07) is 0.395. The smallest absolute Gasteiger partial charge is 0.0964 e. The summed E-state index contributed by atoms with van der Waals surface area (Å²) in [7, 11) is 2.05. The van der Waals surface area contributed by atoms with E-state index in [1.807, 2.05) is 18.8 Å². The number of ether oxygens (including phenoxy) is 3. The van der Waals surface area contributed by atoms with Gasteiger partial charge >= 0.3 is 0 Å². The number of hydrogen-bond acceptors (Lipinski definition) is 5. The largest absolute Gasteiger partial charge is 0.376 e. The van der Waals surface area contributed by atoms with Gasteiger partial charge in [-0.25, -0.2) is 0 Å². The predicted octanol–water partition coefficient (Wildman–Crippen LogP) is 1.29. The molecular weight excluding hydrogens is 262 g/mol. The zero-order valence-electron chi connectivity index (χ0n) is 11.7. The highest BCUT2D eigenvalue weighted by Gasteiger charge is 2.44. The number of likely N-dealkylation sites (N-methyl/N-ethyl adjacent to an activating group) is 1. The molecule has 4 unspecified atom stereocenters. The van der Waals surface area contributed by atoms with Crippen molar-refractivity contribution < 1.29 is 14.2 Å². The molecule has 3 aliphatic heterocycles. The van der Waals surface area contributed by atoms with Crippen molar-refractivity contribution in [2.75, 3.05) is 45.0 Å². The van der Waals surface area contributed by atoms with Gasteiger partial charge in [-0.3, -0.25) is 0 Å². The van der Waals surface area contributed by atoms with Crippen molar-refractivity contribution in [3.63, 3.8) is 0 Å². The number of hydrogen-bond donors (Lipinski definition) is 1. The molecule has 0 aromatic heterocycles. The number of nitrogens with one attached hydrogen (secondary N) is 1. The molecule has 3 aliphatic rings. The Morgan fingerprint density at radius 3 is 2.95 bits per heavy atom. The maximum atomic E-state index is 6.12. The summed E-state index contributed by atoms with van der Waals surface area (Å²) in [6.07, 6.45) is 3.73. The molecule has 0 aromatic carbocycles. The van der Waals surface area contributed by atoms with Gasteiger partial charge in [0.25, 0.3) is 0 Å². The Kier molecular flexibility index (Phi) is 4.70. The van der Waals surface area contributed by atoms with Gasteiger partial charge in [0, 0.05) is 18.4 Å². The topological polar surface area (TPSA) is 39.7 Å². The first kappa shape index (κ1) is 14.1. The highest BCUT2D eigenvalue weighted by Crippen LogP contribution is 2.41. The molecule has 4 nitrogen and oxygen atoms in total. The molecule has 19 heavy (non-hydrogen) atoms. The fourth-order valence-corrected chi connectivity index (χ4v) is 5.05. The molecule has 3 fully saturated rings. The molecule has 5 heteroatoms. The standard InChI is InChI=1S/C14H25NO3S/c1-15-13(12-9-16-5-6-17-12)11-2-4-18-14(8-11)3-7-19-10-14/h11-13,15H,2-10H2,1H3. The first-order chi connectivity index (χ1) is 9.33. The van der Waals surface area contributed by atoms with Crippen LogP contribution < -0.4 is 5.32 Å². The van der Waals surface area contributed by atoms with Crippen LogP contribution in [0.15, 0.2) is 0 Å². The Bertz CT molecular complexity index is 290. The molecule has 0 radical (unpaired) electrons. The van der Waals surface area contributed by atoms with Crippen LogP contribution >= 0.6 is 11.8 Å². The van der Waals surface area contributed by atoms with Crippen molar-refractivity contribution >= 4 is 11.8 Å². The fraction of sp³-hybridized carbons (Fsp3) is 1.00. The summed E-state index contributed by atoms with van der Waals surface area (Å²) in [5.41, 5.74) is 0.151. The van der Waals surface area contributed by atoms with E-state index in [9.17, 15) is 0 Å². The quantitative estimate of drug-likeness (QED) is 0.847. The van der Waals surface area contributed by atoms with Gasteiger partial charge in [-0.2, -0.15) is 11.8 Å². The van der Waals surface area contributed by atoms with E-state index >= 15 is 0 Å². The van der Waals surface area contributed by atoms with Crippen LogP contribution in [0, 0.1) is 5.92 Å². The van der Waals surface area contributed by atoms with Crippen LogP contribution in [0.5, 0.6) is 0 Å². The molecule has 3 saturated heterocycles. The van der Waals surface area contributed by atoms with Gasteiger partial charge in [0.15, 0.2) is 0 Å². The summed E-state index contributed by atoms with van der Waals surface area (Å²) in [5.74, 6) is 3.06. The first-order valence-electron chi connectivity index (χ1n) is 7.41. The van der Waals surface area contributed by atoms with Crippen molar-refractivity contribution in [2.45, 2.75) is 37.0 Å². The van der Waals surface area contributed by atoms with Gasteiger partial charge in [0.2, 0.25) is 0 Å². The summed E-state index contributed by atoms with van der Waals surface area (Å²) in [5, 5.41) is 3.48. The Morgan fingerprint density at radius 1 is 1.32 bits per heavy atom. The van der Waals surface area contributed by atoms with Crippen LogP contribution in [0.25, 0.3) is 0 Å². The van der Waals surface area contributed by atoms with E-state index in [4.69, 9.17) is 14.2 Å². The third-order valence-corrected chi connectivity index (χ3v) is 5.90. The number of rotatable bonds is 3. The highest BCUT2D eigenvalue weighted by atomic mass is 32.2. The normalized spacial score (nSPS) is 41.5. The average molecular weight is 287 g/mol. The first-order valence-corrected chi connectivity index (χ1v) is 8.57. The molecule has 0 amide bonds. The minimum Gasteiger partial charge on any atom is -0.376 e. The van der Waals surface area contributed by atoms with Crippen LogP contribution in [0.4, 0.5) is 0 Å². The highest BCUT2D eigenvalue weighted by molar-refractivity contribution is 7.99. The van der Waals surface area contributed by atoms with E-state index in [0.717, 1.165) is 32.8 Å². The lowest BCUT2D eigenvalue weighted by molar-refractivity contribution is -0.130. The van der Waals surface area contributed by atoms with E-state index in [-0.39, 0.29) is 11.7 Å². The summed E-state index contributed by atoms with van der Waals surface area (Å²) >= 11 is 2.04.